The van der Waals surface area contributed by atoms with Gasteiger partial charge in [-0.3, -0.25) is 0 Å². The van der Waals surface area contributed by atoms with Crippen molar-refractivity contribution >= 4 is 17.2 Å². The third kappa shape index (κ3) is 3.29. The Bertz CT molecular complexity index is 749. The first-order valence-electron chi connectivity index (χ1n) is 7.40. The minimum Gasteiger partial charge on any atom is -0.306 e. The Balaban J connectivity index is 1.75. The van der Waals surface area contributed by atoms with E-state index in [9.17, 15) is 0 Å². The minimum atomic E-state index is 0.284. The summed E-state index contributed by atoms with van der Waals surface area (Å²) >= 11 is 5.98. The monoisotopic (exact) mass is 314 g/mol. The second kappa shape index (κ2) is 6.46. The SMILES string of the molecule is CC(C)C(NCc1ccn2ncnc2c1)c1ccc(Cl)cc1. The molecule has 0 spiro atoms. The first-order chi connectivity index (χ1) is 10.6. The van der Waals surface area contributed by atoms with E-state index < -0.39 is 0 Å². The maximum absolute atomic E-state index is 5.98. The van der Waals surface area contributed by atoms with Crippen LogP contribution in [0.4, 0.5) is 0 Å². The molecule has 114 valence electrons. The lowest BCUT2D eigenvalue weighted by Gasteiger charge is -2.23. The third-order valence-corrected chi connectivity index (χ3v) is 4.02. The average molecular weight is 315 g/mol. The second-order valence-electron chi connectivity index (χ2n) is 5.75. The molecule has 3 aromatic rings. The summed E-state index contributed by atoms with van der Waals surface area (Å²) in [4.78, 5) is 4.22. The highest BCUT2D eigenvalue weighted by Gasteiger charge is 2.15. The lowest BCUT2D eigenvalue weighted by Crippen LogP contribution is -2.25. The molecular formula is C17H19ClN4. The van der Waals surface area contributed by atoms with Gasteiger partial charge in [0.15, 0.2) is 5.65 Å². The molecule has 0 saturated carbocycles. The van der Waals surface area contributed by atoms with E-state index in [0.29, 0.717) is 5.92 Å². The number of halogens is 1. The largest absolute Gasteiger partial charge is 0.306 e. The molecule has 0 saturated heterocycles. The molecule has 0 bridgehead atoms. The first-order valence-corrected chi connectivity index (χ1v) is 7.78. The standard InChI is InChI=1S/C17H19ClN4/c1-12(2)17(14-3-5-15(18)6-4-14)19-10-13-7-8-22-16(9-13)20-11-21-22/h3-9,11-12,17,19H,10H2,1-2H3. The average Bonchev–Trinajstić information content (AvgIpc) is 2.96. The van der Waals surface area contributed by atoms with E-state index in [-0.39, 0.29) is 6.04 Å². The number of aromatic nitrogens is 3. The van der Waals surface area contributed by atoms with Crippen LogP contribution in [0.15, 0.2) is 48.9 Å². The van der Waals surface area contributed by atoms with E-state index in [0.717, 1.165) is 17.2 Å². The molecule has 22 heavy (non-hydrogen) atoms. The molecule has 0 fully saturated rings. The summed E-state index contributed by atoms with van der Waals surface area (Å²) in [5.41, 5.74) is 3.31. The zero-order valence-corrected chi connectivity index (χ0v) is 13.5. The van der Waals surface area contributed by atoms with Gasteiger partial charge in [0.05, 0.1) is 0 Å². The number of nitrogens with one attached hydrogen (secondary N) is 1. The lowest BCUT2D eigenvalue weighted by molar-refractivity contribution is 0.410. The fourth-order valence-electron chi connectivity index (χ4n) is 2.60. The molecule has 0 aliphatic heterocycles. The Hall–Kier alpha value is -1.91. The number of nitrogens with zero attached hydrogens (tertiary/aromatic N) is 3. The van der Waals surface area contributed by atoms with Crippen LogP contribution < -0.4 is 5.32 Å². The van der Waals surface area contributed by atoms with Crippen LogP contribution in [0.2, 0.25) is 5.02 Å². The van der Waals surface area contributed by atoms with Crippen LogP contribution in [0.1, 0.15) is 31.0 Å². The Morgan fingerprint density at radius 3 is 2.68 bits per heavy atom. The number of hydrogen-bond acceptors (Lipinski definition) is 3. The zero-order chi connectivity index (χ0) is 15.5. The molecule has 0 aliphatic carbocycles. The van der Waals surface area contributed by atoms with Gasteiger partial charge in [0, 0.05) is 23.8 Å². The minimum absolute atomic E-state index is 0.284. The molecule has 1 unspecified atom stereocenters. The number of fused-ring (bicyclic) bond motifs is 1. The van der Waals surface area contributed by atoms with Gasteiger partial charge in [0.2, 0.25) is 0 Å². The van der Waals surface area contributed by atoms with Crippen LogP contribution >= 0.6 is 11.6 Å². The number of rotatable bonds is 5. The van der Waals surface area contributed by atoms with Crippen molar-refractivity contribution < 1.29 is 0 Å². The molecule has 4 nitrogen and oxygen atoms in total. The van der Waals surface area contributed by atoms with Gasteiger partial charge in [0.1, 0.15) is 6.33 Å². The molecule has 2 aromatic heterocycles. The fourth-order valence-corrected chi connectivity index (χ4v) is 2.73. The Morgan fingerprint density at radius 1 is 1.18 bits per heavy atom. The van der Waals surface area contributed by atoms with Crippen LogP contribution in [0.25, 0.3) is 5.65 Å². The second-order valence-corrected chi connectivity index (χ2v) is 6.19. The third-order valence-electron chi connectivity index (χ3n) is 3.77. The fraction of sp³-hybridized carbons (Fsp3) is 0.294. The molecule has 1 aromatic carbocycles. The van der Waals surface area contributed by atoms with Crippen LogP contribution in [-0.4, -0.2) is 14.6 Å². The van der Waals surface area contributed by atoms with Crippen molar-refractivity contribution in [1.29, 1.82) is 0 Å². The highest BCUT2D eigenvalue weighted by Crippen LogP contribution is 2.23. The van der Waals surface area contributed by atoms with Crippen molar-refractivity contribution in [2.45, 2.75) is 26.4 Å². The van der Waals surface area contributed by atoms with Crippen molar-refractivity contribution in [2.75, 3.05) is 0 Å². The summed E-state index contributed by atoms with van der Waals surface area (Å²) in [5.74, 6) is 0.484. The van der Waals surface area contributed by atoms with Crippen molar-refractivity contribution in [3.05, 3.63) is 65.1 Å². The number of benzene rings is 1. The van der Waals surface area contributed by atoms with Gasteiger partial charge in [-0.2, -0.15) is 5.10 Å². The van der Waals surface area contributed by atoms with E-state index in [1.807, 2.05) is 18.3 Å². The predicted molar refractivity (Wildman–Crippen MR) is 88.9 cm³/mol. The molecule has 0 aliphatic rings. The van der Waals surface area contributed by atoms with Gasteiger partial charge in [-0.25, -0.2) is 9.50 Å². The van der Waals surface area contributed by atoms with Crippen molar-refractivity contribution in [3.8, 4) is 0 Å². The summed E-state index contributed by atoms with van der Waals surface area (Å²) in [7, 11) is 0. The van der Waals surface area contributed by atoms with E-state index >= 15 is 0 Å². The van der Waals surface area contributed by atoms with Crippen LogP contribution in [0, 0.1) is 5.92 Å². The highest BCUT2D eigenvalue weighted by atomic mass is 35.5. The molecule has 5 heteroatoms. The normalized spacial score (nSPS) is 12.9. The Labute approximate surface area is 135 Å². The van der Waals surface area contributed by atoms with E-state index in [1.54, 1.807) is 10.8 Å². The van der Waals surface area contributed by atoms with E-state index in [4.69, 9.17) is 11.6 Å². The van der Waals surface area contributed by atoms with Gasteiger partial charge >= 0.3 is 0 Å². The van der Waals surface area contributed by atoms with E-state index in [1.165, 1.54) is 11.1 Å². The zero-order valence-electron chi connectivity index (χ0n) is 12.7. The highest BCUT2D eigenvalue weighted by molar-refractivity contribution is 6.30. The van der Waals surface area contributed by atoms with Gasteiger partial charge < -0.3 is 5.32 Å². The molecule has 0 amide bonds. The maximum Gasteiger partial charge on any atom is 0.155 e. The Morgan fingerprint density at radius 2 is 1.95 bits per heavy atom. The predicted octanol–water partition coefficient (Wildman–Crippen LogP) is 3.87. The van der Waals surface area contributed by atoms with Crippen molar-refractivity contribution in [3.63, 3.8) is 0 Å². The van der Waals surface area contributed by atoms with E-state index in [2.05, 4.69) is 53.5 Å². The molecule has 1 atom stereocenters. The van der Waals surface area contributed by atoms with Crippen LogP contribution in [-0.2, 0) is 6.54 Å². The molecule has 2 heterocycles. The summed E-state index contributed by atoms with van der Waals surface area (Å²) in [6.07, 6.45) is 3.50. The summed E-state index contributed by atoms with van der Waals surface area (Å²) < 4.78 is 1.77. The topological polar surface area (TPSA) is 42.2 Å². The van der Waals surface area contributed by atoms with Gasteiger partial charge in [-0.05, 0) is 41.3 Å². The summed E-state index contributed by atoms with van der Waals surface area (Å²) in [6, 6.07) is 12.5. The summed E-state index contributed by atoms with van der Waals surface area (Å²) in [6.45, 7) is 5.22. The maximum atomic E-state index is 5.98. The lowest BCUT2D eigenvalue weighted by atomic mass is 9.96. The summed E-state index contributed by atoms with van der Waals surface area (Å²) in [5, 5.41) is 8.51. The van der Waals surface area contributed by atoms with Crippen LogP contribution in [0.5, 0.6) is 0 Å². The van der Waals surface area contributed by atoms with Gasteiger partial charge in [-0.15, -0.1) is 0 Å². The molecule has 0 radical (unpaired) electrons. The van der Waals surface area contributed by atoms with Crippen molar-refractivity contribution in [1.82, 2.24) is 19.9 Å². The van der Waals surface area contributed by atoms with Crippen LogP contribution in [0.3, 0.4) is 0 Å². The van der Waals surface area contributed by atoms with Gasteiger partial charge in [-0.1, -0.05) is 37.6 Å². The molecule has 3 rings (SSSR count). The Kier molecular flexibility index (Phi) is 4.41. The van der Waals surface area contributed by atoms with Gasteiger partial charge in [0.25, 0.3) is 0 Å². The van der Waals surface area contributed by atoms with Crippen molar-refractivity contribution in [2.24, 2.45) is 5.92 Å². The quantitative estimate of drug-likeness (QED) is 0.777. The number of hydrogen-bond donors (Lipinski definition) is 1. The number of pyridine rings is 1. The first kappa shape index (κ1) is 15.0. The molecular weight excluding hydrogens is 296 g/mol. The molecule has 1 N–H and O–H groups in total. The smallest absolute Gasteiger partial charge is 0.155 e.